The van der Waals surface area contributed by atoms with E-state index in [0.717, 1.165) is 31.9 Å². The minimum absolute atomic E-state index is 0.0473. The minimum atomic E-state index is 0.0473. The van der Waals surface area contributed by atoms with Gasteiger partial charge in [0.1, 0.15) is 12.2 Å². The summed E-state index contributed by atoms with van der Waals surface area (Å²) in [6.45, 7) is 9.96. The quantitative estimate of drug-likeness (QED) is 0.822. The molecule has 1 saturated heterocycles. The lowest BCUT2D eigenvalue weighted by molar-refractivity contribution is -0.124. The number of likely N-dealkylation sites (tertiary alicyclic amines) is 1. The van der Waals surface area contributed by atoms with Crippen LogP contribution in [0, 0.1) is 5.92 Å². The van der Waals surface area contributed by atoms with Crippen molar-refractivity contribution in [1.82, 2.24) is 25.0 Å². The summed E-state index contributed by atoms with van der Waals surface area (Å²) < 4.78 is 2.04. The van der Waals surface area contributed by atoms with Crippen molar-refractivity contribution in [2.24, 2.45) is 5.92 Å². The summed E-state index contributed by atoms with van der Waals surface area (Å²) in [5, 5.41) is 11.1. The molecule has 1 N–H and O–H groups in total. The highest BCUT2D eigenvalue weighted by atomic mass is 16.1. The van der Waals surface area contributed by atoms with E-state index in [9.17, 15) is 4.79 Å². The van der Waals surface area contributed by atoms with Crippen LogP contribution in [-0.2, 0) is 11.2 Å². The summed E-state index contributed by atoms with van der Waals surface area (Å²) >= 11 is 0. The molecule has 0 bridgehead atoms. The monoisotopic (exact) mass is 293 g/mol. The number of carbonyl (C=O) groups excluding carboxylic acids is 1. The molecular weight excluding hydrogens is 266 g/mol. The van der Waals surface area contributed by atoms with Gasteiger partial charge < -0.3 is 14.8 Å². The number of rotatable bonds is 7. The molecular formula is C15H27N5O. The number of nitrogens with zero attached hydrogens (tertiary/aromatic N) is 4. The Labute approximate surface area is 126 Å². The fourth-order valence-corrected chi connectivity index (χ4v) is 2.78. The van der Waals surface area contributed by atoms with Crippen LogP contribution in [0.5, 0.6) is 0 Å². The largest absolute Gasteiger partial charge is 0.355 e. The molecule has 2 rings (SSSR count). The first-order valence-electron chi connectivity index (χ1n) is 7.96. The van der Waals surface area contributed by atoms with E-state index in [0.29, 0.717) is 12.6 Å². The third-order valence-electron chi connectivity index (χ3n) is 4.03. The van der Waals surface area contributed by atoms with Gasteiger partial charge in [-0.25, -0.2) is 0 Å². The number of nitrogens with one attached hydrogen (secondary N) is 1. The maximum Gasteiger partial charge on any atom is 0.224 e. The normalized spacial score (nSPS) is 17.3. The van der Waals surface area contributed by atoms with E-state index < -0.39 is 0 Å². The van der Waals surface area contributed by atoms with Gasteiger partial charge in [-0.15, -0.1) is 10.2 Å². The van der Waals surface area contributed by atoms with Gasteiger partial charge >= 0.3 is 0 Å². The standard InChI is InChI=1S/C15H27N5O/c1-12(2)20-11-17-18-14(20)6-7-16-15(21)13(3)10-19-8-4-5-9-19/h11-13H,4-10H2,1-3H3,(H,16,21)/t13-/m1/s1. The smallest absolute Gasteiger partial charge is 0.224 e. The van der Waals surface area contributed by atoms with Crippen molar-refractivity contribution in [2.45, 2.75) is 46.1 Å². The Bertz CT molecular complexity index is 451. The van der Waals surface area contributed by atoms with Crippen LogP contribution in [0.1, 0.15) is 45.5 Å². The van der Waals surface area contributed by atoms with Gasteiger partial charge in [-0.05, 0) is 39.8 Å². The van der Waals surface area contributed by atoms with E-state index in [4.69, 9.17) is 0 Å². The molecule has 118 valence electrons. The molecule has 0 unspecified atom stereocenters. The Hall–Kier alpha value is -1.43. The van der Waals surface area contributed by atoms with Gasteiger partial charge in [0.05, 0.1) is 0 Å². The van der Waals surface area contributed by atoms with Crippen molar-refractivity contribution in [3.05, 3.63) is 12.2 Å². The van der Waals surface area contributed by atoms with Crippen LogP contribution in [0.2, 0.25) is 0 Å². The molecule has 1 amide bonds. The summed E-state index contributed by atoms with van der Waals surface area (Å²) in [5.41, 5.74) is 0. The lowest BCUT2D eigenvalue weighted by Crippen LogP contribution is -2.37. The molecule has 0 saturated carbocycles. The molecule has 0 spiro atoms. The number of hydrogen-bond acceptors (Lipinski definition) is 4. The second-order valence-corrected chi connectivity index (χ2v) is 6.20. The zero-order valence-corrected chi connectivity index (χ0v) is 13.4. The summed E-state index contributed by atoms with van der Waals surface area (Å²) in [7, 11) is 0. The molecule has 6 heteroatoms. The summed E-state index contributed by atoms with van der Waals surface area (Å²) in [4.78, 5) is 14.5. The third kappa shape index (κ3) is 4.52. The first-order valence-corrected chi connectivity index (χ1v) is 7.96. The lowest BCUT2D eigenvalue weighted by atomic mass is 10.1. The van der Waals surface area contributed by atoms with E-state index in [2.05, 4.69) is 34.3 Å². The molecule has 1 aromatic rings. The van der Waals surface area contributed by atoms with Crippen molar-refractivity contribution in [3.8, 4) is 0 Å². The Morgan fingerprint density at radius 2 is 2.05 bits per heavy atom. The second kappa shape index (κ2) is 7.54. The zero-order valence-electron chi connectivity index (χ0n) is 13.4. The van der Waals surface area contributed by atoms with Gasteiger partial charge in [-0.3, -0.25) is 4.79 Å². The molecule has 2 heterocycles. The zero-order chi connectivity index (χ0) is 15.2. The molecule has 1 aliphatic rings. The topological polar surface area (TPSA) is 63.1 Å². The van der Waals surface area contributed by atoms with Gasteiger partial charge in [0.15, 0.2) is 0 Å². The Balaban J connectivity index is 1.72. The number of aromatic nitrogens is 3. The SMILES string of the molecule is CC(C)n1cnnc1CCNC(=O)[C@H](C)CN1CCCC1. The summed E-state index contributed by atoms with van der Waals surface area (Å²) in [5.74, 6) is 1.11. The highest BCUT2D eigenvalue weighted by molar-refractivity contribution is 5.78. The highest BCUT2D eigenvalue weighted by Crippen LogP contribution is 2.10. The van der Waals surface area contributed by atoms with Crippen LogP contribution in [0.4, 0.5) is 0 Å². The number of carbonyl (C=O) groups is 1. The number of amides is 1. The molecule has 1 atom stereocenters. The predicted octanol–water partition coefficient (Wildman–Crippen LogP) is 1.25. The van der Waals surface area contributed by atoms with Crippen molar-refractivity contribution in [1.29, 1.82) is 0 Å². The molecule has 0 aromatic carbocycles. The maximum absolute atomic E-state index is 12.1. The van der Waals surface area contributed by atoms with E-state index in [-0.39, 0.29) is 11.8 Å². The molecule has 0 radical (unpaired) electrons. The molecule has 1 aromatic heterocycles. The van der Waals surface area contributed by atoms with Crippen molar-refractivity contribution < 1.29 is 4.79 Å². The van der Waals surface area contributed by atoms with Crippen LogP contribution in [0.3, 0.4) is 0 Å². The van der Waals surface area contributed by atoms with E-state index in [1.54, 1.807) is 6.33 Å². The molecule has 6 nitrogen and oxygen atoms in total. The average molecular weight is 293 g/mol. The Morgan fingerprint density at radius 3 is 2.71 bits per heavy atom. The number of hydrogen-bond donors (Lipinski definition) is 1. The Morgan fingerprint density at radius 1 is 1.33 bits per heavy atom. The van der Waals surface area contributed by atoms with Crippen LogP contribution in [-0.4, -0.2) is 51.8 Å². The van der Waals surface area contributed by atoms with Crippen molar-refractivity contribution in [3.63, 3.8) is 0 Å². The van der Waals surface area contributed by atoms with E-state index in [1.807, 2.05) is 11.5 Å². The fourth-order valence-electron chi connectivity index (χ4n) is 2.78. The molecule has 1 aliphatic heterocycles. The minimum Gasteiger partial charge on any atom is -0.355 e. The second-order valence-electron chi connectivity index (χ2n) is 6.20. The maximum atomic E-state index is 12.1. The first-order chi connectivity index (χ1) is 10.1. The molecule has 1 fully saturated rings. The van der Waals surface area contributed by atoms with Crippen LogP contribution < -0.4 is 5.32 Å². The van der Waals surface area contributed by atoms with Crippen LogP contribution in [0.15, 0.2) is 6.33 Å². The summed E-state index contributed by atoms with van der Waals surface area (Å²) in [6.07, 6.45) is 5.00. The van der Waals surface area contributed by atoms with Crippen LogP contribution in [0.25, 0.3) is 0 Å². The van der Waals surface area contributed by atoms with Crippen LogP contribution >= 0.6 is 0 Å². The van der Waals surface area contributed by atoms with E-state index >= 15 is 0 Å². The lowest BCUT2D eigenvalue weighted by Gasteiger charge is -2.19. The van der Waals surface area contributed by atoms with Crippen molar-refractivity contribution >= 4 is 5.91 Å². The van der Waals surface area contributed by atoms with Gasteiger partial charge in [-0.2, -0.15) is 0 Å². The fraction of sp³-hybridized carbons (Fsp3) is 0.800. The first kappa shape index (κ1) is 15.9. The van der Waals surface area contributed by atoms with Gasteiger partial charge in [0.2, 0.25) is 5.91 Å². The Kier molecular flexibility index (Phi) is 5.73. The van der Waals surface area contributed by atoms with Gasteiger partial charge in [-0.1, -0.05) is 6.92 Å². The average Bonchev–Trinajstić information content (AvgIpc) is 3.09. The molecule has 21 heavy (non-hydrogen) atoms. The highest BCUT2D eigenvalue weighted by Gasteiger charge is 2.19. The predicted molar refractivity (Wildman–Crippen MR) is 82.0 cm³/mol. The molecule has 0 aliphatic carbocycles. The third-order valence-corrected chi connectivity index (χ3v) is 4.03. The van der Waals surface area contributed by atoms with E-state index in [1.165, 1.54) is 12.8 Å². The summed E-state index contributed by atoms with van der Waals surface area (Å²) in [6, 6.07) is 0.347. The van der Waals surface area contributed by atoms with Gasteiger partial charge in [0, 0.05) is 31.5 Å². The van der Waals surface area contributed by atoms with Gasteiger partial charge in [0.25, 0.3) is 0 Å². The van der Waals surface area contributed by atoms with Crippen molar-refractivity contribution in [2.75, 3.05) is 26.2 Å².